The van der Waals surface area contributed by atoms with Gasteiger partial charge in [0.15, 0.2) is 0 Å². The van der Waals surface area contributed by atoms with Crippen molar-refractivity contribution in [2.45, 2.75) is 40.8 Å². The molecule has 0 radical (unpaired) electrons. The minimum absolute atomic E-state index is 0. The van der Waals surface area contributed by atoms with Crippen molar-refractivity contribution in [3.63, 3.8) is 0 Å². The van der Waals surface area contributed by atoms with Crippen LogP contribution in [-0.4, -0.2) is 73.1 Å². The molecule has 10 heteroatoms. The Morgan fingerprint density at radius 1 is 0.658 bits per heavy atom. The number of carbonyl (C=O) groups is 2. The summed E-state index contributed by atoms with van der Waals surface area (Å²) in [4.78, 5) is 24.9. The number of nitrogens with zero attached hydrogens (tertiary/aromatic N) is 2. The Morgan fingerprint density at radius 3 is 1.29 bits per heavy atom. The quantitative estimate of drug-likeness (QED) is 0.206. The van der Waals surface area contributed by atoms with Gasteiger partial charge < -0.3 is 44.4 Å². The number of halogens is 4. The van der Waals surface area contributed by atoms with Gasteiger partial charge in [0, 0.05) is 21.2 Å². The molecule has 0 heterocycles. The van der Waals surface area contributed by atoms with E-state index in [2.05, 4.69) is 50.5 Å². The molecule has 214 valence electrons. The van der Waals surface area contributed by atoms with E-state index in [0.29, 0.717) is 13.1 Å². The van der Waals surface area contributed by atoms with Crippen LogP contribution in [-0.2, 0) is 22.7 Å². The maximum atomic E-state index is 12.5. The first-order chi connectivity index (χ1) is 17.2. The fraction of sp³-hybridized carbons (Fsp3) is 0.500. The lowest BCUT2D eigenvalue weighted by atomic mass is 10.1. The first-order valence-corrected chi connectivity index (χ1v) is 13.7. The van der Waals surface area contributed by atoms with Crippen molar-refractivity contribution < 1.29 is 43.4 Å². The van der Waals surface area contributed by atoms with E-state index in [1.165, 1.54) is 11.1 Å². The normalized spacial score (nSPS) is 11.2. The second kappa shape index (κ2) is 17.9. The van der Waals surface area contributed by atoms with Crippen LogP contribution in [0.15, 0.2) is 48.5 Å². The van der Waals surface area contributed by atoms with Gasteiger partial charge in [-0.05, 0) is 52.0 Å². The van der Waals surface area contributed by atoms with Crippen LogP contribution >= 0.6 is 23.2 Å². The van der Waals surface area contributed by atoms with E-state index in [4.69, 9.17) is 23.2 Å². The van der Waals surface area contributed by atoms with Crippen LogP contribution in [0.3, 0.4) is 0 Å². The molecule has 2 N–H and O–H groups in total. The van der Waals surface area contributed by atoms with E-state index in [-0.39, 0.29) is 24.8 Å². The highest BCUT2D eigenvalue weighted by Gasteiger charge is 2.26. The molecule has 0 aliphatic rings. The number of amides is 2. The Kier molecular flexibility index (Phi) is 17.2. The molecule has 2 amide bonds. The van der Waals surface area contributed by atoms with E-state index >= 15 is 0 Å². The molecular formula is C28H42Cl4N4O2. The summed E-state index contributed by atoms with van der Waals surface area (Å²) in [6.45, 7) is 16.3. The van der Waals surface area contributed by atoms with Gasteiger partial charge in [0.1, 0.15) is 13.1 Å². The zero-order valence-electron chi connectivity index (χ0n) is 22.9. The summed E-state index contributed by atoms with van der Waals surface area (Å²) in [6.07, 6.45) is 0. The van der Waals surface area contributed by atoms with Crippen LogP contribution < -0.4 is 35.4 Å². The lowest BCUT2D eigenvalue weighted by molar-refractivity contribution is -0.936. The highest BCUT2D eigenvalue weighted by atomic mass is 35.5. The van der Waals surface area contributed by atoms with E-state index < -0.39 is 11.8 Å². The smallest absolute Gasteiger partial charge is 0.309 e. The molecular weight excluding hydrogens is 566 g/mol. The van der Waals surface area contributed by atoms with Crippen molar-refractivity contribution >= 4 is 35.0 Å². The summed E-state index contributed by atoms with van der Waals surface area (Å²) in [7, 11) is 0. The van der Waals surface area contributed by atoms with E-state index in [9.17, 15) is 9.59 Å². The van der Waals surface area contributed by atoms with Gasteiger partial charge in [-0.15, -0.1) is 0 Å². The molecule has 0 bridgehead atoms. The Labute approximate surface area is 251 Å². The van der Waals surface area contributed by atoms with Crippen molar-refractivity contribution in [1.29, 1.82) is 0 Å². The van der Waals surface area contributed by atoms with E-state index in [1.54, 1.807) is 0 Å². The number of nitrogens with one attached hydrogen (secondary N) is 2. The van der Waals surface area contributed by atoms with Crippen molar-refractivity contribution in [3.8, 4) is 0 Å². The molecule has 0 saturated carbocycles. The van der Waals surface area contributed by atoms with Gasteiger partial charge in [-0.1, -0.05) is 47.5 Å². The zero-order chi connectivity index (χ0) is 26.6. The standard InChI is InChI=1S/C28H40Cl2N4O2.2ClH/c1-5-33(6-2,21-23-11-9-13-25(29)19-23)17-15-31-27(35)28(36)32-16-18-34(7-3,8-4)22-24-12-10-14-26(30)20-24;;/h9-14,19-20H,5-8,15-18,21-22H2,1-4H3;2*1H. The van der Waals surface area contributed by atoms with Crippen molar-refractivity contribution in [3.05, 3.63) is 69.7 Å². The molecule has 0 fully saturated rings. The average Bonchev–Trinajstić information content (AvgIpc) is 2.87. The number of likely N-dealkylation sites (N-methyl/N-ethyl adjacent to an activating group) is 2. The fourth-order valence-electron chi connectivity index (χ4n) is 4.70. The molecule has 0 spiro atoms. The molecule has 6 nitrogen and oxygen atoms in total. The third-order valence-corrected chi connectivity index (χ3v) is 7.92. The van der Waals surface area contributed by atoms with Gasteiger partial charge in [-0.3, -0.25) is 9.59 Å². The van der Waals surface area contributed by atoms with Crippen LogP contribution in [0.25, 0.3) is 0 Å². The van der Waals surface area contributed by atoms with Crippen LogP contribution in [0.4, 0.5) is 0 Å². The predicted octanol–water partition coefficient (Wildman–Crippen LogP) is -1.35. The fourth-order valence-corrected chi connectivity index (χ4v) is 5.13. The number of carbonyl (C=O) groups excluding carboxylic acids is 2. The van der Waals surface area contributed by atoms with Gasteiger partial charge in [0.25, 0.3) is 0 Å². The molecule has 0 aliphatic carbocycles. The highest BCUT2D eigenvalue weighted by molar-refractivity contribution is 6.35. The summed E-state index contributed by atoms with van der Waals surface area (Å²) in [5, 5.41) is 7.08. The molecule has 0 aromatic heterocycles. The zero-order valence-corrected chi connectivity index (χ0v) is 25.9. The Morgan fingerprint density at radius 2 is 1.00 bits per heavy atom. The molecule has 0 atom stereocenters. The Balaban J connectivity index is 0.00000684. The molecule has 0 saturated heterocycles. The molecule has 0 aliphatic heterocycles. The summed E-state index contributed by atoms with van der Waals surface area (Å²) >= 11 is 12.3. The van der Waals surface area contributed by atoms with E-state index in [0.717, 1.165) is 71.4 Å². The number of hydrogen-bond donors (Lipinski definition) is 2. The van der Waals surface area contributed by atoms with Crippen molar-refractivity contribution in [2.75, 3.05) is 52.4 Å². The Bertz CT molecular complexity index is 919. The predicted molar refractivity (Wildman–Crippen MR) is 149 cm³/mol. The number of quaternary nitrogens is 2. The third kappa shape index (κ3) is 11.3. The summed E-state index contributed by atoms with van der Waals surface area (Å²) in [5.74, 6) is -1.16. The molecule has 38 heavy (non-hydrogen) atoms. The topological polar surface area (TPSA) is 58.2 Å². The minimum Gasteiger partial charge on any atom is -1.00 e. The van der Waals surface area contributed by atoms with Gasteiger partial charge in [0.05, 0.1) is 52.4 Å². The second-order valence-electron chi connectivity index (χ2n) is 9.48. The highest BCUT2D eigenvalue weighted by Crippen LogP contribution is 2.19. The van der Waals surface area contributed by atoms with Gasteiger partial charge in [0.2, 0.25) is 0 Å². The van der Waals surface area contributed by atoms with Crippen LogP contribution in [0.2, 0.25) is 10.0 Å². The average molecular weight is 608 g/mol. The summed E-state index contributed by atoms with van der Waals surface area (Å²) in [6, 6.07) is 15.8. The monoisotopic (exact) mass is 606 g/mol. The lowest BCUT2D eigenvalue weighted by Gasteiger charge is -2.37. The van der Waals surface area contributed by atoms with E-state index in [1.807, 2.05) is 36.4 Å². The molecule has 2 aromatic carbocycles. The minimum atomic E-state index is -0.580. The van der Waals surface area contributed by atoms with Gasteiger partial charge in [-0.2, -0.15) is 0 Å². The third-order valence-electron chi connectivity index (χ3n) is 7.45. The number of hydrogen-bond acceptors (Lipinski definition) is 2. The molecule has 0 unspecified atom stereocenters. The number of benzene rings is 2. The van der Waals surface area contributed by atoms with Crippen LogP contribution in [0.1, 0.15) is 38.8 Å². The number of rotatable bonds is 14. The van der Waals surface area contributed by atoms with Crippen molar-refractivity contribution in [2.24, 2.45) is 0 Å². The van der Waals surface area contributed by atoms with Gasteiger partial charge >= 0.3 is 11.8 Å². The van der Waals surface area contributed by atoms with Crippen LogP contribution in [0, 0.1) is 0 Å². The first-order valence-electron chi connectivity index (χ1n) is 13.0. The maximum Gasteiger partial charge on any atom is 0.309 e. The lowest BCUT2D eigenvalue weighted by Crippen LogP contribution is -3.00. The molecule has 2 aromatic rings. The maximum absolute atomic E-state index is 12.5. The summed E-state index contributed by atoms with van der Waals surface area (Å²) < 4.78 is 1.61. The van der Waals surface area contributed by atoms with Gasteiger partial charge in [-0.25, -0.2) is 0 Å². The van der Waals surface area contributed by atoms with Crippen LogP contribution in [0.5, 0.6) is 0 Å². The van der Waals surface area contributed by atoms with Crippen molar-refractivity contribution in [1.82, 2.24) is 10.6 Å². The Hall–Kier alpha value is -1.54. The first kappa shape index (κ1) is 36.5. The SMILES string of the molecule is CC[N+](CC)(CCNC(=O)C(=O)NCC[N+](CC)(CC)Cc1cccc(Cl)c1)Cc1cccc(Cl)c1.[Cl-].[Cl-]. The molecule has 2 rings (SSSR count). The largest absolute Gasteiger partial charge is 1.00 e. The second-order valence-corrected chi connectivity index (χ2v) is 10.4. The summed E-state index contributed by atoms with van der Waals surface area (Å²) in [5.41, 5.74) is 2.34.